The minimum absolute atomic E-state index is 0.278. The Hall–Kier alpha value is -1.26. The molecule has 0 radical (unpaired) electrons. The molecule has 0 aromatic rings. The topological polar surface area (TPSA) is 69.6 Å². The van der Waals surface area contributed by atoms with E-state index in [9.17, 15) is 9.59 Å². The van der Waals surface area contributed by atoms with Gasteiger partial charge in [-0.25, -0.2) is 9.59 Å². The summed E-state index contributed by atoms with van der Waals surface area (Å²) in [5, 5.41) is 11.8. The van der Waals surface area contributed by atoms with Gasteiger partial charge in [0.25, 0.3) is 0 Å². The standard InChI is InChI=1S/C11H20N2O3/c1-11(2,3)12-10(16)13-7-5-4-6-8(13)9(14)15/h8H,4-7H2,1-3H3,(H,12,16)(H,14,15)/t8-/m1/s1. The summed E-state index contributed by atoms with van der Waals surface area (Å²) in [6, 6.07) is -0.948. The van der Waals surface area contributed by atoms with Gasteiger partial charge in [0.05, 0.1) is 0 Å². The molecule has 1 aliphatic rings. The van der Waals surface area contributed by atoms with Gasteiger partial charge in [-0.2, -0.15) is 0 Å². The van der Waals surface area contributed by atoms with Crippen LogP contribution in [0.15, 0.2) is 0 Å². The molecule has 92 valence electrons. The van der Waals surface area contributed by atoms with E-state index in [0.29, 0.717) is 13.0 Å². The molecule has 1 heterocycles. The summed E-state index contributed by atoms with van der Waals surface area (Å²) in [6.07, 6.45) is 2.30. The summed E-state index contributed by atoms with van der Waals surface area (Å²) in [6.45, 7) is 6.17. The molecule has 1 fully saturated rings. The van der Waals surface area contributed by atoms with Crippen LogP contribution in [0.25, 0.3) is 0 Å². The molecule has 0 aliphatic carbocycles. The Morgan fingerprint density at radius 3 is 2.44 bits per heavy atom. The number of carboxylic acid groups (broad SMARTS) is 1. The van der Waals surface area contributed by atoms with Gasteiger partial charge in [0, 0.05) is 12.1 Å². The van der Waals surface area contributed by atoms with Crippen LogP contribution in [-0.4, -0.2) is 40.1 Å². The van der Waals surface area contributed by atoms with E-state index in [0.717, 1.165) is 12.8 Å². The Bertz CT molecular complexity index is 283. The zero-order valence-electron chi connectivity index (χ0n) is 10.1. The van der Waals surface area contributed by atoms with E-state index in [2.05, 4.69) is 5.32 Å². The number of carbonyl (C=O) groups is 2. The number of nitrogens with one attached hydrogen (secondary N) is 1. The van der Waals surface area contributed by atoms with E-state index in [1.807, 2.05) is 20.8 Å². The number of nitrogens with zero attached hydrogens (tertiary/aromatic N) is 1. The van der Waals surface area contributed by atoms with Crippen LogP contribution in [0.5, 0.6) is 0 Å². The molecule has 0 aromatic heterocycles. The van der Waals surface area contributed by atoms with Gasteiger partial charge >= 0.3 is 12.0 Å². The first-order valence-corrected chi connectivity index (χ1v) is 5.63. The maximum atomic E-state index is 11.9. The average Bonchev–Trinajstić information content (AvgIpc) is 2.15. The molecular weight excluding hydrogens is 208 g/mol. The van der Waals surface area contributed by atoms with Crippen LogP contribution in [-0.2, 0) is 4.79 Å². The highest BCUT2D eigenvalue weighted by molar-refractivity contribution is 5.83. The number of rotatable bonds is 1. The molecule has 1 rings (SSSR count). The van der Waals surface area contributed by atoms with Crippen LogP contribution in [0.4, 0.5) is 4.79 Å². The Morgan fingerprint density at radius 1 is 1.31 bits per heavy atom. The van der Waals surface area contributed by atoms with E-state index in [1.54, 1.807) is 0 Å². The highest BCUT2D eigenvalue weighted by atomic mass is 16.4. The van der Waals surface area contributed by atoms with Crippen LogP contribution in [0.2, 0.25) is 0 Å². The SMILES string of the molecule is CC(C)(C)NC(=O)N1CCCC[C@@H]1C(=O)O. The Labute approximate surface area is 95.8 Å². The summed E-state index contributed by atoms with van der Waals surface area (Å²) in [5.41, 5.74) is -0.336. The van der Waals surface area contributed by atoms with Crippen molar-refractivity contribution in [2.45, 2.75) is 51.6 Å². The van der Waals surface area contributed by atoms with E-state index in [1.165, 1.54) is 4.90 Å². The van der Waals surface area contributed by atoms with Crippen molar-refractivity contribution < 1.29 is 14.7 Å². The number of likely N-dealkylation sites (tertiary alicyclic amines) is 1. The van der Waals surface area contributed by atoms with Crippen LogP contribution in [0.3, 0.4) is 0 Å². The zero-order valence-corrected chi connectivity index (χ0v) is 10.1. The molecule has 0 aromatic carbocycles. The Balaban J connectivity index is 2.68. The molecule has 0 bridgehead atoms. The number of amides is 2. The largest absolute Gasteiger partial charge is 0.480 e. The molecule has 2 amide bonds. The predicted octanol–water partition coefficient (Wildman–Crippen LogP) is 1.43. The zero-order chi connectivity index (χ0) is 12.3. The molecule has 1 atom stereocenters. The lowest BCUT2D eigenvalue weighted by molar-refractivity contribution is -0.143. The van der Waals surface area contributed by atoms with E-state index in [4.69, 9.17) is 5.11 Å². The second kappa shape index (κ2) is 4.72. The third-order valence-corrected chi connectivity index (χ3v) is 2.53. The summed E-state index contributed by atoms with van der Waals surface area (Å²) in [5.74, 6) is -0.913. The van der Waals surface area contributed by atoms with Crippen molar-refractivity contribution >= 4 is 12.0 Å². The van der Waals surface area contributed by atoms with E-state index < -0.39 is 12.0 Å². The van der Waals surface area contributed by atoms with Crippen LogP contribution in [0, 0.1) is 0 Å². The first kappa shape index (κ1) is 12.8. The number of hydrogen-bond donors (Lipinski definition) is 2. The van der Waals surface area contributed by atoms with Gasteiger partial charge in [-0.3, -0.25) is 0 Å². The third-order valence-electron chi connectivity index (χ3n) is 2.53. The van der Waals surface area contributed by atoms with Crippen molar-refractivity contribution in [2.75, 3.05) is 6.54 Å². The second-order valence-corrected chi connectivity index (χ2v) is 5.22. The maximum absolute atomic E-state index is 11.9. The van der Waals surface area contributed by atoms with Crippen LogP contribution < -0.4 is 5.32 Å². The predicted molar refractivity (Wildman–Crippen MR) is 60.3 cm³/mol. The van der Waals surface area contributed by atoms with Crippen molar-refractivity contribution in [1.82, 2.24) is 10.2 Å². The minimum Gasteiger partial charge on any atom is -0.480 e. The van der Waals surface area contributed by atoms with Crippen molar-refractivity contribution in [3.63, 3.8) is 0 Å². The maximum Gasteiger partial charge on any atom is 0.326 e. The molecule has 16 heavy (non-hydrogen) atoms. The number of piperidine rings is 1. The third kappa shape index (κ3) is 3.40. The first-order valence-electron chi connectivity index (χ1n) is 5.63. The summed E-state index contributed by atoms with van der Waals surface area (Å²) in [4.78, 5) is 24.3. The van der Waals surface area contributed by atoms with Gasteiger partial charge < -0.3 is 15.3 Å². The Morgan fingerprint density at radius 2 is 1.94 bits per heavy atom. The highest BCUT2D eigenvalue weighted by Crippen LogP contribution is 2.17. The number of urea groups is 1. The molecule has 0 saturated carbocycles. The van der Waals surface area contributed by atoms with Crippen molar-refractivity contribution in [1.29, 1.82) is 0 Å². The fraction of sp³-hybridized carbons (Fsp3) is 0.818. The molecule has 0 spiro atoms. The minimum atomic E-state index is -0.913. The van der Waals surface area contributed by atoms with Crippen LogP contribution in [0.1, 0.15) is 40.0 Å². The lowest BCUT2D eigenvalue weighted by Crippen LogP contribution is -2.55. The second-order valence-electron chi connectivity index (χ2n) is 5.22. The number of aliphatic carboxylic acids is 1. The van der Waals surface area contributed by atoms with E-state index in [-0.39, 0.29) is 11.6 Å². The summed E-state index contributed by atoms with van der Waals surface area (Å²) in [7, 11) is 0. The smallest absolute Gasteiger partial charge is 0.326 e. The average molecular weight is 228 g/mol. The molecular formula is C11H20N2O3. The van der Waals surface area contributed by atoms with Crippen molar-refractivity contribution in [2.24, 2.45) is 0 Å². The molecule has 0 unspecified atom stereocenters. The Kier molecular flexibility index (Phi) is 3.78. The number of carbonyl (C=O) groups excluding carboxylic acids is 1. The van der Waals surface area contributed by atoms with Crippen molar-refractivity contribution in [3.05, 3.63) is 0 Å². The van der Waals surface area contributed by atoms with Gasteiger partial charge in [0.15, 0.2) is 0 Å². The van der Waals surface area contributed by atoms with Crippen molar-refractivity contribution in [3.8, 4) is 0 Å². The van der Waals surface area contributed by atoms with Crippen LogP contribution >= 0.6 is 0 Å². The summed E-state index contributed by atoms with van der Waals surface area (Å²) < 4.78 is 0. The highest BCUT2D eigenvalue weighted by Gasteiger charge is 2.33. The van der Waals surface area contributed by atoms with Gasteiger partial charge in [0.2, 0.25) is 0 Å². The fourth-order valence-electron chi connectivity index (χ4n) is 1.82. The van der Waals surface area contributed by atoms with E-state index >= 15 is 0 Å². The quantitative estimate of drug-likeness (QED) is 0.713. The number of hydrogen-bond acceptors (Lipinski definition) is 2. The molecule has 1 aliphatic heterocycles. The molecule has 5 nitrogen and oxygen atoms in total. The molecule has 5 heteroatoms. The number of carboxylic acids is 1. The summed E-state index contributed by atoms with van der Waals surface area (Å²) >= 11 is 0. The van der Waals surface area contributed by atoms with Gasteiger partial charge in [-0.1, -0.05) is 0 Å². The molecule has 2 N–H and O–H groups in total. The molecule has 1 saturated heterocycles. The monoisotopic (exact) mass is 228 g/mol. The lowest BCUT2D eigenvalue weighted by atomic mass is 10.0. The fourth-order valence-corrected chi connectivity index (χ4v) is 1.82. The first-order chi connectivity index (χ1) is 7.31. The van der Waals surface area contributed by atoms with Gasteiger partial charge in [-0.15, -0.1) is 0 Å². The lowest BCUT2D eigenvalue weighted by Gasteiger charge is -2.35. The normalized spacial score (nSPS) is 21.7. The van der Waals surface area contributed by atoms with Gasteiger partial charge in [-0.05, 0) is 40.0 Å². The van der Waals surface area contributed by atoms with Gasteiger partial charge in [0.1, 0.15) is 6.04 Å².